The smallest absolute Gasteiger partial charge is 0.283 e. The van der Waals surface area contributed by atoms with Crippen LogP contribution in [0, 0.1) is 6.92 Å². The van der Waals surface area contributed by atoms with E-state index in [0.717, 1.165) is 5.56 Å². The zero-order valence-corrected chi connectivity index (χ0v) is 12.8. The number of benzene rings is 1. The van der Waals surface area contributed by atoms with Crippen molar-refractivity contribution in [3.8, 4) is 34.5 Å². The summed E-state index contributed by atoms with van der Waals surface area (Å²) in [6.45, 7) is 2.03. The minimum absolute atomic E-state index is 0.195. The van der Waals surface area contributed by atoms with E-state index in [1.54, 1.807) is 18.3 Å². The topological polar surface area (TPSA) is 104 Å². The van der Waals surface area contributed by atoms with Gasteiger partial charge in [0.05, 0.1) is 18.2 Å². The van der Waals surface area contributed by atoms with Gasteiger partial charge in [-0.1, -0.05) is 29.8 Å². The molecular formula is C17H13N5O2. The fourth-order valence-electron chi connectivity index (χ4n) is 2.24. The monoisotopic (exact) mass is 319 g/mol. The summed E-state index contributed by atoms with van der Waals surface area (Å²) in [6, 6.07) is 11.4. The van der Waals surface area contributed by atoms with Crippen LogP contribution in [0.1, 0.15) is 5.56 Å². The zero-order valence-electron chi connectivity index (χ0n) is 12.8. The fourth-order valence-corrected chi connectivity index (χ4v) is 2.24. The minimum atomic E-state index is 0.195. The molecule has 3 heterocycles. The van der Waals surface area contributed by atoms with Crippen LogP contribution in [-0.4, -0.2) is 20.2 Å². The molecule has 3 aromatic heterocycles. The van der Waals surface area contributed by atoms with Gasteiger partial charge < -0.3 is 14.6 Å². The third-order valence-electron chi connectivity index (χ3n) is 3.51. The van der Waals surface area contributed by atoms with Crippen molar-refractivity contribution in [3.63, 3.8) is 0 Å². The number of nitrogens with zero attached hydrogens (tertiary/aromatic N) is 4. The van der Waals surface area contributed by atoms with E-state index in [-0.39, 0.29) is 17.6 Å². The SMILES string of the molecule is Cc1ccc(-c2cnc(N)c(-c3nnc(-c4ccco4)o3)n2)cc1. The molecule has 24 heavy (non-hydrogen) atoms. The second-order valence-corrected chi connectivity index (χ2v) is 5.24. The number of nitrogens with two attached hydrogens (primary N) is 1. The van der Waals surface area contributed by atoms with Gasteiger partial charge in [0.15, 0.2) is 17.3 Å². The molecule has 0 saturated heterocycles. The summed E-state index contributed by atoms with van der Waals surface area (Å²) in [5, 5.41) is 7.95. The first kappa shape index (κ1) is 14.1. The van der Waals surface area contributed by atoms with Gasteiger partial charge in [-0.15, -0.1) is 10.2 Å². The van der Waals surface area contributed by atoms with Crippen molar-refractivity contribution in [2.24, 2.45) is 0 Å². The van der Waals surface area contributed by atoms with Crippen LogP contribution < -0.4 is 5.73 Å². The Morgan fingerprint density at radius 1 is 1.00 bits per heavy atom. The molecular weight excluding hydrogens is 306 g/mol. The van der Waals surface area contributed by atoms with Gasteiger partial charge in [-0.25, -0.2) is 9.97 Å². The highest BCUT2D eigenvalue weighted by Crippen LogP contribution is 2.27. The third-order valence-corrected chi connectivity index (χ3v) is 3.51. The van der Waals surface area contributed by atoms with Gasteiger partial charge in [0.25, 0.3) is 11.8 Å². The summed E-state index contributed by atoms with van der Waals surface area (Å²) >= 11 is 0. The molecule has 0 aliphatic rings. The maximum atomic E-state index is 5.93. The van der Waals surface area contributed by atoms with Gasteiger partial charge >= 0.3 is 0 Å². The number of anilines is 1. The number of hydrogen-bond donors (Lipinski definition) is 1. The number of hydrogen-bond acceptors (Lipinski definition) is 7. The van der Waals surface area contributed by atoms with Crippen LogP contribution >= 0.6 is 0 Å². The molecule has 0 radical (unpaired) electrons. The number of rotatable bonds is 3. The van der Waals surface area contributed by atoms with Crippen molar-refractivity contribution >= 4 is 5.82 Å². The Kier molecular flexibility index (Phi) is 3.31. The maximum absolute atomic E-state index is 5.93. The summed E-state index contributed by atoms with van der Waals surface area (Å²) in [4.78, 5) is 8.71. The van der Waals surface area contributed by atoms with Crippen LogP contribution in [0.15, 0.2) is 57.7 Å². The number of aryl methyl sites for hydroxylation is 1. The average Bonchev–Trinajstić information content (AvgIpc) is 3.27. The van der Waals surface area contributed by atoms with E-state index in [9.17, 15) is 0 Å². The third kappa shape index (κ3) is 2.52. The second kappa shape index (κ2) is 5.62. The first-order chi connectivity index (χ1) is 11.7. The van der Waals surface area contributed by atoms with Crippen molar-refractivity contribution in [1.29, 1.82) is 0 Å². The Bertz CT molecular complexity index is 975. The normalized spacial score (nSPS) is 10.9. The van der Waals surface area contributed by atoms with Crippen molar-refractivity contribution in [3.05, 3.63) is 54.4 Å². The van der Waals surface area contributed by atoms with Crippen LogP contribution in [0.25, 0.3) is 34.5 Å². The summed E-state index contributed by atoms with van der Waals surface area (Å²) in [7, 11) is 0. The zero-order chi connectivity index (χ0) is 16.5. The van der Waals surface area contributed by atoms with Crippen LogP contribution in [0.2, 0.25) is 0 Å². The van der Waals surface area contributed by atoms with E-state index in [1.165, 1.54) is 11.8 Å². The van der Waals surface area contributed by atoms with E-state index >= 15 is 0 Å². The lowest BCUT2D eigenvalue weighted by Gasteiger charge is -2.04. The van der Waals surface area contributed by atoms with Gasteiger partial charge in [0.2, 0.25) is 0 Å². The molecule has 0 aliphatic heterocycles. The lowest BCUT2D eigenvalue weighted by molar-refractivity contribution is 0.522. The average molecular weight is 319 g/mol. The Labute approximate surface area is 137 Å². The largest absolute Gasteiger partial charge is 0.459 e. The van der Waals surface area contributed by atoms with Gasteiger partial charge in [-0.3, -0.25) is 0 Å². The maximum Gasteiger partial charge on any atom is 0.283 e. The first-order valence-electron chi connectivity index (χ1n) is 7.28. The van der Waals surface area contributed by atoms with Crippen LogP contribution in [0.5, 0.6) is 0 Å². The fraction of sp³-hybridized carbons (Fsp3) is 0.0588. The highest BCUT2D eigenvalue weighted by Gasteiger charge is 2.17. The van der Waals surface area contributed by atoms with Gasteiger partial charge in [0, 0.05) is 5.56 Å². The van der Waals surface area contributed by atoms with E-state index < -0.39 is 0 Å². The van der Waals surface area contributed by atoms with Gasteiger partial charge in [-0.2, -0.15) is 0 Å². The molecule has 0 bridgehead atoms. The van der Waals surface area contributed by atoms with Crippen LogP contribution in [0.3, 0.4) is 0 Å². The van der Waals surface area contributed by atoms with Crippen molar-refractivity contribution in [2.75, 3.05) is 5.73 Å². The summed E-state index contributed by atoms with van der Waals surface area (Å²) in [5.41, 5.74) is 9.05. The summed E-state index contributed by atoms with van der Waals surface area (Å²) in [5.74, 6) is 1.16. The lowest BCUT2D eigenvalue weighted by atomic mass is 10.1. The molecule has 0 amide bonds. The Balaban J connectivity index is 1.75. The van der Waals surface area contributed by atoms with E-state index in [2.05, 4.69) is 20.2 Å². The van der Waals surface area contributed by atoms with Crippen molar-refractivity contribution in [1.82, 2.24) is 20.2 Å². The molecule has 4 rings (SSSR count). The summed E-state index contributed by atoms with van der Waals surface area (Å²) in [6.07, 6.45) is 3.15. The Morgan fingerprint density at radius 3 is 2.54 bits per heavy atom. The molecule has 0 fully saturated rings. The van der Waals surface area contributed by atoms with E-state index in [4.69, 9.17) is 14.6 Å². The minimum Gasteiger partial charge on any atom is -0.459 e. The molecule has 0 spiro atoms. The molecule has 7 heteroatoms. The Hall–Kier alpha value is -3.48. The van der Waals surface area contributed by atoms with Crippen LogP contribution in [-0.2, 0) is 0 Å². The molecule has 4 aromatic rings. The molecule has 0 aliphatic carbocycles. The van der Waals surface area contributed by atoms with E-state index in [1.807, 2.05) is 31.2 Å². The molecule has 7 nitrogen and oxygen atoms in total. The molecule has 0 unspecified atom stereocenters. The predicted molar refractivity (Wildman–Crippen MR) is 87.6 cm³/mol. The van der Waals surface area contributed by atoms with Crippen molar-refractivity contribution in [2.45, 2.75) is 6.92 Å². The highest BCUT2D eigenvalue weighted by molar-refractivity contribution is 5.68. The highest BCUT2D eigenvalue weighted by atomic mass is 16.4. The molecule has 1 aromatic carbocycles. The quantitative estimate of drug-likeness (QED) is 0.617. The number of nitrogen functional groups attached to an aromatic ring is 1. The Morgan fingerprint density at radius 2 is 1.79 bits per heavy atom. The molecule has 0 atom stereocenters. The lowest BCUT2D eigenvalue weighted by Crippen LogP contribution is -1.99. The molecule has 2 N–H and O–H groups in total. The van der Waals surface area contributed by atoms with E-state index in [0.29, 0.717) is 17.1 Å². The second-order valence-electron chi connectivity index (χ2n) is 5.24. The number of aromatic nitrogens is 4. The summed E-state index contributed by atoms with van der Waals surface area (Å²) < 4.78 is 10.8. The molecule has 0 saturated carbocycles. The van der Waals surface area contributed by atoms with Gasteiger partial charge in [0.1, 0.15) is 0 Å². The standard InChI is InChI=1S/C17H13N5O2/c1-10-4-6-11(7-5-10)12-9-19-15(18)14(20-12)17-22-21-16(24-17)13-3-2-8-23-13/h2-9H,1H3,(H2,18,19). The van der Waals surface area contributed by atoms with Crippen molar-refractivity contribution < 1.29 is 8.83 Å². The number of furan rings is 1. The predicted octanol–water partition coefficient (Wildman–Crippen LogP) is 3.34. The van der Waals surface area contributed by atoms with Crippen LogP contribution in [0.4, 0.5) is 5.82 Å². The molecule has 118 valence electrons. The van der Waals surface area contributed by atoms with Gasteiger partial charge in [-0.05, 0) is 19.1 Å². The first-order valence-corrected chi connectivity index (χ1v) is 7.28.